The van der Waals surface area contributed by atoms with Crippen molar-refractivity contribution in [1.82, 2.24) is 0 Å². The van der Waals surface area contributed by atoms with E-state index in [9.17, 15) is 4.39 Å². The Morgan fingerprint density at radius 2 is 1.94 bits per heavy atom. The summed E-state index contributed by atoms with van der Waals surface area (Å²) in [7, 11) is 0. The highest BCUT2D eigenvalue weighted by atomic mass is 19.1. The fourth-order valence-corrected chi connectivity index (χ4v) is 1.74. The number of hydrogen-bond acceptors (Lipinski definition) is 2. The standard InChI is InChI=1S/C14H18FNO/c1-3-14(4-2,11-16)9-10-17-13-8-6-5-7-12(13)15/h5-8H,3-4,9-10H2,1-2H3. The highest BCUT2D eigenvalue weighted by Gasteiger charge is 2.25. The highest BCUT2D eigenvalue weighted by molar-refractivity contribution is 5.23. The topological polar surface area (TPSA) is 33.0 Å². The van der Waals surface area contributed by atoms with Crippen molar-refractivity contribution < 1.29 is 9.13 Å². The summed E-state index contributed by atoms with van der Waals surface area (Å²) >= 11 is 0. The zero-order chi connectivity index (χ0) is 12.7. The van der Waals surface area contributed by atoms with Crippen LogP contribution in [0.1, 0.15) is 33.1 Å². The molecule has 0 amide bonds. The number of ether oxygens (including phenoxy) is 1. The molecule has 17 heavy (non-hydrogen) atoms. The minimum atomic E-state index is -0.358. The van der Waals surface area contributed by atoms with Crippen LogP contribution >= 0.6 is 0 Å². The summed E-state index contributed by atoms with van der Waals surface area (Å²) in [6.07, 6.45) is 2.21. The van der Waals surface area contributed by atoms with Crippen LogP contribution in [0.4, 0.5) is 4.39 Å². The maximum absolute atomic E-state index is 13.3. The van der Waals surface area contributed by atoms with Gasteiger partial charge in [0.15, 0.2) is 11.6 Å². The summed E-state index contributed by atoms with van der Waals surface area (Å²) in [5.74, 6) is -0.102. The molecule has 0 heterocycles. The Balaban J connectivity index is 2.53. The van der Waals surface area contributed by atoms with Gasteiger partial charge in [0.2, 0.25) is 0 Å². The molecule has 0 saturated heterocycles. The minimum Gasteiger partial charge on any atom is -0.490 e. The zero-order valence-electron chi connectivity index (χ0n) is 10.4. The third kappa shape index (κ3) is 3.45. The molecule has 0 atom stereocenters. The minimum absolute atomic E-state index is 0.256. The molecule has 0 aliphatic carbocycles. The van der Waals surface area contributed by atoms with E-state index in [2.05, 4.69) is 6.07 Å². The van der Waals surface area contributed by atoms with E-state index in [-0.39, 0.29) is 17.0 Å². The van der Waals surface area contributed by atoms with Gasteiger partial charge in [-0.25, -0.2) is 4.39 Å². The molecular weight excluding hydrogens is 217 g/mol. The molecule has 0 N–H and O–H groups in total. The molecule has 0 aliphatic heterocycles. The molecule has 0 saturated carbocycles. The first-order chi connectivity index (χ1) is 8.17. The van der Waals surface area contributed by atoms with Crippen molar-refractivity contribution in [2.75, 3.05) is 6.61 Å². The zero-order valence-corrected chi connectivity index (χ0v) is 10.4. The molecule has 2 nitrogen and oxygen atoms in total. The second kappa shape index (κ2) is 6.24. The van der Waals surface area contributed by atoms with Gasteiger partial charge < -0.3 is 4.74 Å². The smallest absolute Gasteiger partial charge is 0.165 e. The molecule has 0 aliphatic rings. The van der Waals surface area contributed by atoms with Crippen LogP contribution in [0.15, 0.2) is 24.3 Å². The van der Waals surface area contributed by atoms with Crippen molar-refractivity contribution in [1.29, 1.82) is 5.26 Å². The number of nitriles is 1. The first kappa shape index (κ1) is 13.5. The molecular formula is C14H18FNO. The van der Waals surface area contributed by atoms with Crippen LogP contribution in [0.25, 0.3) is 0 Å². The lowest BCUT2D eigenvalue weighted by Crippen LogP contribution is -2.20. The number of benzene rings is 1. The normalized spacial score (nSPS) is 10.9. The largest absolute Gasteiger partial charge is 0.490 e. The lowest BCUT2D eigenvalue weighted by Gasteiger charge is -2.23. The number of rotatable bonds is 6. The predicted octanol–water partition coefficient (Wildman–Crippen LogP) is 3.92. The molecule has 1 rings (SSSR count). The fourth-order valence-electron chi connectivity index (χ4n) is 1.74. The van der Waals surface area contributed by atoms with Gasteiger partial charge in [-0.1, -0.05) is 26.0 Å². The van der Waals surface area contributed by atoms with E-state index in [1.54, 1.807) is 18.2 Å². The van der Waals surface area contributed by atoms with E-state index < -0.39 is 0 Å². The lowest BCUT2D eigenvalue weighted by molar-refractivity contribution is 0.225. The Labute approximate surface area is 102 Å². The third-order valence-corrected chi connectivity index (χ3v) is 3.27. The van der Waals surface area contributed by atoms with E-state index in [1.165, 1.54) is 6.07 Å². The molecule has 92 valence electrons. The lowest BCUT2D eigenvalue weighted by atomic mass is 9.81. The second-order valence-electron chi connectivity index (χ2n) is 4.13. The monoisotopic (exact) mass is 235 g/mol. The van der Waals surface area contributed by atoms with Crippen molar-refractivity contribution in [3.05, 3.63) is 30.1 Å². The summed E-state index contributed by atoms with van der Waals surface area (Å²) in [4.78, 5) is 0. The highest BCUT2D eigenvalue weighted by Crippen LogP contribution is 2.29. The molecule has 0 radical (unpaired) electrons. The number of nitrogens with zero attached hydrogens (tertiary/aromatic N) is 1. The summed E-state index contributed by atoms with van der Waals surface area (Å²) in [6.45, 7) is 4.36. The Kier molecular flexibility index (Phi) is 4.96. The molecule has 0 fully saturated rings. The predicted molar refractivity (Wildman–Crippen MR) is 65.1 cm³/mol. The van der Waals surface area contributed by atoms with E-state index in [0.717, 1.165) is 12.8 Å². The van der Waals surface area contributed by atoms with Gasteiger partial charge in [0.1, 0.15) is 0 Å². The van der Waals surface area contributed by atoms with Gasteiger partial charge in [0.05, 0.1) is 18.1 Å². The van der Waals surface area contributed by atoms with Crippen molar-refractivity contribution in [3.63, 3.8) is 0 Å². The third-order valence-electron chi connectivity index (χ3n) is 3.27. The summed E-state index contributed by atoms with van der Waals surface area (Å²) in [5.41, 5.74) is -0.342. The molecule has 0 bridgehead atoms. The summed E-state index contributed by atoms with van der Waals surface area (Å²) in [5, 5.41) is 9.15. The van der Waals surface area contributed by atoms with Crippen LogP contribution in [0.3, 0.4) is 0 Å². The van der Waals surface area contributed by atoms with Gasteiger partial charge in [-0.2, -0.15) is 5.26 Å². The number of para-hydroxylation sites is 1. The van der Waals surface area contributed by atoms with E-state index in [0.29, 0.717) is 13.0 Å². The molecule has 0 unspecified atom stereocenters. The van der Waals surface area contributed by atoms with E-state index in [4.69, 9.17) is 10.00 Å². The van der Waals surface area contributed by atoms with Gasteiger partial charge in [-0.15, -0.1) is 0 Å². The maximum atomic E-state index is 13.3. The molecule has 3 heteroatoms. The quantitative estimate of drug-likeness (QED) is 0.748. The molecule has 1 aromatic rings. The van der Waals surface area contributed by atoms with Crippen molar-refractivity contribution >= 4 is 0 Å². The van der Waals surface area contributed by atoms with Gasteiger partial charge in [-0.05, 0) is 25.0 Å². The Morgan fingerprint density at radius 3 is 2.47 bits per heavy atom. The first-order valence-corrected chi connectivity index (χ1v) is 5.96. The Morgan fingerprint density at radius 1 is 1.29 bits per heavy atom. The van der Waals surface area contributed by atoms with Crippen LogP contribution in [0.2, 0.25) is 0 Å². The van der Waals surface area contributed by atoms with Gasteiger partial charge in [0.25, 0.3) is 0 Å². The van der Waals surface area contributed by atoms with Crippen LogP contribution < -0.4 is 4.74 Å². The maximum Gasteiger partial charge on any atom is 0.165 e. The Bertz CT molecular complexity index is 393. The SMILES string of the molecule is CCC(C#N)(CC)CCOc1ccccc1F. The summed E-state index contributed by atoms with van der Waals surface area (Å²) < 4.78 is 18.6. The van der Waals surface area contributed by atoms with Crippen LogP contribution in [0, 0.1) is 22.6 Å². The van der Waals surface area contributed by atoms with Crippen LogP contribution in [-0.2, 0) is 0 Å². The van der Waals surface area contributed by atoms with Crippen molar-refractivity contribution in [2.24, 2.45) is 5.41 Å². The van der Waals surface area contributed by atoms with Crippen molar-refractivity contribution in [2.45, 2.75) is 33.1 Å². The molecule has 0 spiro atoms. The van der Waals surface area contributed by atoms with Gasteiger partial charge >= 0.3 is 0 Å². The first-order valence-electron chi connectivity index (χ1n) is 5.96. The second-order valence-corrected chi connectivity index (χ2v) is 4.13. The average Bonchev–Trinajstić information content (AvgIpc) is 2.37. The molecule has 0 aromatic heterocycles. The summed E-state index contributed by atoms with van der Waals surface area (Å²) in [6, 6.07) is 8.66. The average molecular weight is 235 g/mol. The number of hydrogen-bond donors (Lipinski definition) is 0. The van der Waals surface area contributed by atoms with Gasteiger partial charge in [-0.3, -0.25) is 0 Å². The van der Waals surface area contributed by atoms with Crippen LogP contribution in [-0.4, -0.2) is 6.61 Å². The van der Waals surface area contributed by atoms with Crippen molar-refractivity contribution in [3.8, 4) is 11.8 Å². The van der Waals surface area contributed by atoms with Gasteiger partial charge in [0, 0.05) is 6.42 Å². The fraction of sp³-hybridized carbons (Fsp3) is 0.500. The van der Waals surface area contributed by atoms with E-state index in [1.807, 2.05) is 13.8 Å². The number of halogens is 1. The Hall–Kier alpha value is -1.56. The van der Waals surface area contributed by atoms with E-state index >= 15 is 0 Å². The van der Waals surface area contributed by atoms with Crippen LogP contribution in [0.5, 0.6) is 5.75 Å². The molecule has 1 aromatic carbocycles.